The van der Waals surface area contributed by atoms with E-state index < -0.39 is 0 Å². The first-order valence-corrected chi connectivity index (χ1v) is 10.5. The molecule has 1 aliphatic heterocycles. The maximum absolute atomic E-state index is 4.39. The number of hydrogen-bond donors (Lipinski definition) is 2. The van der Waals surface area contributed by atoms with E-state index in [1.54, 1.807) is 0 Å². The number of halogens is 1. The highest BCUT2D eigenvalue weighted by molar-refractivity contribution is 14.0. The normalized spacial score (nSPS) is 20.1. The molecule has 0 saturated carbocycles. The predicted molar refractivity (Wildman–Crippen MR) is 127 cm³/mol. The van der Waals surface area contributed by atoms with Crippen LogP contribution in [0.1, 0.15) is 44.7 Å². The van der Waals surface area contributed by atoms with E-state index in [-0.39, 0.29) is 24.0 Å². The lowest BCUT2D eigenvalue weighted by molar-refractivity contribution is 0.295. The summed E-state index contributed by atoms with van der Waals surface area (Å²) in [6, 6.07) is 8.71. The molecule has 4 nitrogen and oxygen atoms in total. The molecule has 0 spiro atoms. The zero-order chi connectivity index (χ0) is 18.1. The molecule has 1 fully saturated rings. The standard InChI is InChI=1S/C20H34N4S.HI/c1-5-24(6-2)15-18-11-8-7-10-17(18)14-22-19(21-4)23-16-20(3)12-9-13-25-20;/h7-8,10-11H,5-6,9,12-16H2,1-4H3,(H2,21,22,23);1H. The minimum absolute atomic E-state index is 0. The van der Waals surface area contributed by atoms with Gasteiger partial charge in [0.15, 0.2) is 5.96 Å². The summed E-state index contributed by atoms with van der Waals surface area (Å²) in [5.41, 5.74) is 2.74. The molecule has 1 aromatic rings. The topological polar surface area (TPSA) is 39.7 Å². The Kier molecular flexibility index (Phi) is 11.0. The Bertz CT molecular complexity index is 554. The molecule has 2 N–H and O–H groups in total. The van der Waals surface area contributed by atoms with Crippen LogP contribution in [0.5, 0.6) is 0 Å². The van der Waals surface area contributed by atoms with Gasteiger partial charge in [0.2, 0.25) is 0 Å². The first-order valence-electron chi connectivity index (χ1n) is 9.48. The molecule has 0 radical (unpaired) electrons. The van der Waals surface area contributed by atoms with Crippen LogP contribution in [0.15, 0.2) is 29.3 Å². The molecule has 1 heterocycles. The molecule has 26 heavy (non-hydrogen) atoms. The first kappa shape index (κ1) is 23.6. The molecule has 0 aliphatic carbocycles. The summed E-state index contributed by atoms with van der Waals surface area (Å²) < 4.78 is 0.346. The van der Waals surface area contributed by atoms with Gasteiger partial charge < -0.3 is 10.6 Å². The van der Waals surface area contributed by atoms with Crippen molar-refractivity contribution in [3.8, 4) is 0 Å². The molecule has 1 unspecified atom stereocenters. The SMILES string of the molecule is CCN(CC)Cc1ccccc1CNC(=NC)NCC1(C)CCCS1.I. The molecule has 0 amide bonds. The Hall–Kier alpha value is -0.470. The van der Waals surface area contributed by atoms with Crippen molar-refractivity contribution in [3.63, 3.8) is 0 Å². The maximum atomic E-state index is 4.39. The van der Waals surface area contributed by atoms with Crippen molar-refractivity contribution >= 4 is 41.7 Å². The fourth-order valence-corrected chi connectivity index (χ4v) is 4.46. The molecule has 2 rings (SSSR count). The molecular formula is C20H35IN4S. The van der Waals surface area contributed by atoms with Crippen LogP contribution in [0, 0.1) is 0 Å². The molecule has 1 aromatic carbocycles. The van der Waals surface area contributed by atoms with Gasteiger partial charge in [-0.2, -0.15) is 11.8 Å². The van der Waals surface area contributed by atoms with Crippen molar-refractivity contribution in [1.82, 2.24) is 15.5 Å². The van der Waals surface area contributed by atoms with Crippen molar-refractivity contribution in [2.24, 2.45) is 4.99 Å². The summed E-state index contributed by atoms with van der Waals surface area (Å²) in [6.45, 7) is 11.7. The fraction of sp³-hybridized carbons (Fsp3) is 0.650. The number of nitrogens with zero attached hydrogens (tertiary/aromatic N) is 2. The van der Waals surface area contributed by atoms with E-state index >= 15 is 0 Å². The van der Waals surface area contributed by atoms with Crippen LogP contribution < -0.4 is 10.6 Å². The number of aliphatic imine (C=N–C) groups is 1. The number of rotatable bonds is 8. The van der Waals surface area contributed by atoms with Crippen molar-refractivity contribution in [2.45, 2.75) is 51.4 Å². The second kappa shape index (κ2) is 12.1. The predicted octanol–water partition coefficient (Wildman–Crippen LogP) is 4.10. The summed E-state index contributed by atoms with van der Waals surface area (Å²) >= 11 is 2.08. The highest BCUT2D eigenvalue weighted by Crippen LogP contribution is 2.36. The van der Waals surface area contributed by atoms with Crippen molar-refractivity contribution in [1.29, 1.82) is 0 Å². The minimum Gasteiger partial charge on any atom is -0.355 e. The molecule has 6 heteroatoms. The lowest BCUT2D eigenvalue weighted by atomic mass is 10.1. The maximum Gasteiger partial charge on any atom is 0.191 e. The molecule has 148 valence electrons. The van der Waals surface area contributed by atoms with Gasteiger partial charge in [-0.3, -0.25) is 9.89 Å². The summed E-state index contributed by atoms with van der Waals surface area (Å²) in [6.07, 6.45) is 2.61. The number of benzene rings is 1. The van der Waals surface area contributed by atoms with E-state index in [1.165, 1.54) is 29.7 Å². The number of nitrogens with one attached hydrogen (secondary N) is 2. The van der Waals surface area contributed by atoms with Gasteiger partial charge >= 0.3 is 0 Å². The monoisotopic (exact) mass is 490 g/mol. The van der Waals surface area contributed by atoms with Crippen LogP contribution >= 0.6 is 35.7 Å². The van der Waals surface area contributed by atoms with Crippen molar-refractivity contribution in [3.05, 3.63) is 35.4 Å². The highest BCUT2D eigenvalue weighted by atomic mass is 127. The number of guanidine groups is 1. The van der Waals surface area contributed by atoms with Crippen LogP contribution in [0.4, 0.5) is 0 Å². The lowest BCUT2D eigenvalue weighted by Gasteiger charge is -2.24. The van der Waals surface area contributed by atoms with Gasteiger partial charge in [0, 0.05) is 31.4 Å². The minimum atomic E-state index is 0. The second-order valence-electron chi connectivity index (χ2n) is 6.91. The van der Waals surface area contributed by atoms with E-state index in [0.29, 0.717) is 4.75 Å². The Morgan fingerprint density at radius 2 is 1.88 bits per heavy atom. The Balaban J connectivity index is 0.00000338. The van der Waals surface area contributed by atoms with Gasteiger partial charge in [0.1, 0.15) is 0 Å². The Morgan fingerprint density at radius 1 is 1.19 bits per heavy atom. The number of hydrogen-bond acceptors (Lipinski definition) is 3. The highest BCUT2D eigenvalue weighted by Gasteiger charge is 2.29. The largest absolute Gasteiger partial charge is 0.355 e. The summed E-state index contributed by atoms with van der Waals surface area (Å²) in [7, 11) is 1.85. The van der Waals surface area contributed by atoms with Crippen LogP contribution in [-0.4, -0.2) is 48.0 Å². The van der Waals surface area contributed by atoms with Gasteiger partial charge in [0.25, 0.3) is 0 Å². The van der Waals surface area contributed by atoms with Crippen molar-refractivity contribution < 1.29 is 0 Å². The van der Waals surface area contributed by atoms with Gasteiger partial charge in [-0.05, 0) is 49.7 Å². The average Bonchev–Trinajstić information content (AvgIpc) is 3.07. The third kappa shape index (κ3) is 7.27. The number of thioether (sulfide) groups is 1. The third-order valence-corrected chi connectivity index (χ3v) is 6.55. The Labute approximate surface area is 181 Å². The van der Waals surface area contributed by atoms with Gasteiger partial charge in [-0.15, -0.1) is 24.0 Å². The molecule has 0 aromatic heterocycles. The molecular weight excluding hydrogens is 455 g/mol. The zero-order valence-corrected chi connectivity index (χ0v) is 19.8. The second-order valence-corrected chi connectivity index (χ2v) is 8.59. The molecule has 1 saturated heterocycles. The third-order valence-electron chi connectivity index (χ3n) is 5.01. The fourth-order valence-electron chi connectivity index (χ4n) is 3.22. The smallest absolute Gasteiger partial charge is 0.191 e. The van der Waals surface area contributed by atoms with Gasteiger partial charge in [-0.25, -0.2) is 0 Å². The van der Waals surface area contributed by atoms with Crippen LogP contribution in [0.25, 0.3) is 0 Å². The van der Waals surface area contributed by atoms with E-state index in [9.17, 15) is 0 Å². The van der Waals surface area contributed by atoms with Crippen LogP contribution in [0.2, 0.25) is 0 Å². The van der Waals surface area contributed by atoms with Crippen LogP contribution in [0.3, 0.4) is 0 Å². The molecule has 0 bridgehead atoms. The molecule has 1 atom stereocenters. The lowest BCUT2D eigenvalue weighted by Crippen LogP contribution is -2.43. The summed E-state index contributed by atoms with van der Waals surface area (Å²) in [4.78, 5) is 6.84. The van der Waals surface area contributed by atoms with Gasteiger partial charge in [-0.1, -0.05) is 38.1 Å². The summed E-state index contributed by atoms with van der Waals surface area (Å²) in [5.74, 6) is 2.18. The van der Waals surface area contributed by atoms with Crippen molar-refractivity contribution in [2.75, 3.05) is 32.4 Å². The van der Waals surface area contributed by atoms with E-state index in [2.05, 4.69) is 77.3 Å². The van der Waals surface area contributed by atoms with Crippen LogP contribution in [-0.2, 0) is 13.1 Å². The van der Waals surface area contributed by atoms with E-state index in [0.717, 1.165) is 38.7 Å². The summed E-state index contributed by atoms with van der Waals surface area (Å²) in [5, 5.41) is 7.00. The average molecular weight is 490 g/mol. The van der Waals surface area contributed by atoms with E-state index in [4.69, 9.17) is 0 Å². The Morgan fingerprint density at radius 3 is 2.46 bits per heavy atom. The molecule has 1 aliphatic rings. The quantitative estimate of drug-likeness (QED) is 0.327. The first-order chi connectivity index (χ1) is 12.1. The van der Waals surface area contributed by atoms with E-state index in [1.807, 2.05) is 7.05 Å². The van der Waals surface area contributed by atoms with Gasteiger partial charge in [0.05, 0.1) is 0 Å². The zero-order valence-electron chi connectivity index (χ0n) is 16.7.